The summed E-state index contributed by atoms with van der Waals surface area (Å²) in [5.41, 5.74) is 0. The molecule has 1 aromatic heterocycles. The van der Waals surface area contributed by atoms with Crippen LogP contribution in [0.4, 0.5) is 11.6 Å². The van der Waals surface area contributed by atoms with Gasteiger partial charge in [-0.15, -0.1) is 0 Å². The topological polar surface area (TPSA) is 37.0 Å². The van der Waals surface area contributed by atoms with Crippen LogP contribution in [0.25, 0.3) is 0 Å². The first-order chi connectivity index (χ1) is 7.58. The SMILES string of the molecule is CNc1nc(NCC(C)SC)c(Cl)cc1Cl. The molecule has 0 aromatic carbocycles. The highest BCUT2D eigenvalue weighted by atomic mass is 35.5. The van der Waals surface area contributed by atoms with E-state index in [-0.39, 0.29) is 0 Å². The average Bonchev–Trinajstić information content (AvgIpc) is 2.27. The summed E-state index contributed by atoms with van der Waals surface area (Å²) in [6, 6.07) is 1.69. The molecule has 1 unspecified atom stereocenters. The maximum Gasteiger partial charge on any atom is 0.147 e. The predicted octanol–water partition coefficient (Wildman–Crippen LogP) is 3.59. The summed E-state index contributed by atoms with van der Waals surface area (Å²) in [5, 5.41) is 7.69. The summed E-state index contributed by atoms with van der Waals surface area (Å²) < 4.78 is 0. The van der Waals surface area contributed by atoms with E-state index in [4.69, 9.17) is 23.2 Å². The monoisotopic (exact) mass is 279 g/mol. The number of hydrogen-bond acceptors (Lipinski definition) is 4. The molecule has 90 valence electrons. The number of thioether (sulfide) groups is 1. The minimum absolute atomic E-state index is 0.506. The Balaban J connectivity index is 2.79. The molecule has 3 nitrogen and oxygen atoms in total. The highest BCUT2D eigenvalue weighted by Gasteiger charge is 2.08. The van der Waals surface area contributed by atoms with E-state index in [0.717, 1.165) is 6.54 Å². The first-order valence-corrected chi connectivity index (χ1v) is 6.93. The lowest BCUT2D eigenvalue weighted by molar-refractivity contribution is 0.992. The molecule has 0 aliphatic carbocycles. The van der Waals surface area contributed by atoms with Crippen molar-refractivity contribution in [2.75, 3.05) is 30.5 Å². The Bertz CT molecular complexity index is 360. The van der Waals surface area contributed by atoms with Gasteiger partial charge < -0.3 is 10.6 Å². The Morgan fingerprint density at radius 2 is 2.00 bits per heavy atom. The second-order valence-electron chi connectivity index (χ2n) is 3.33. The maximum atomic E-state index is 6.04. The third-order valence-electron chi connectivity index (χ3n) is 2.13. The standard InChI is InChI=1S/C10H15Cl2N3S/c1-6(16-3)5-14-10-8(12)4-7(11)9(13-2)15-10/h4,6H,5H2,1-3H3,(H2,13,14,15). The molecule has 6 heteroatoms. The number of nitrogens with one attached hydrogen (secondary N) is 2. The summed E-state index contributed by atoms with van der Waals surface area (Å²) in [6.45, 7) is 2.96. The van der Waals surface area contributed by atoms with Gasteiger partial charge in [0.25, 0.3) is 0 Å². The van der Waals surface area contributed by atoms with Gasteiger partial charge >= 0.3 is 0 Å². The van der Waals surface area contributed by atoms with E-state index in [0.29, 0.717) is 26.9 Å². The molecule has 0 amide bonds. The van der Waals surface area contributed by atoms with Gasteiger partial charge in [0, 0.05) is 18.8 Å². The molecule has 1 heterocycles. The first kappa shape index (κ1) is 13.7. The molecule has 0 aliphatic rings. The molecule has 0 saturated carbocycles. The van der Waals surface area contributed by atoms with Gasteiger partial charge in [-0.25, -0.2) is 4.98 Å². The van der Waals surface area contributed by atoms with Gasteiger partial charge in [0.05, 0.1) is 10.0 Å². The number of halogens is 2. The van der Waals surface area contributed by atoms with Crippen LogP contribution in [0.3, 0.4) is 0 Å². The number of hydrogen-bond donors (Lipinski definition) is 2. The van der Waals surface area contributed by atoms with Crippen LogP contribution in [0.15, 0.2) is 6.07 Å². The zero-order valence-electron chi connectivity index (χ0n) is 9.47. The van der Waals surface area contributed by atoms with Gasteiger partial charge in [-0.05, 0) is 12.3 Å². The van der Waals surface area contributed by atoms with Crippen molar-refractivity contribution in [3.05, 3.63) is 16.1 Å². The van der Waals surface area contributed by atoms with E-state index >= 15 is 0 Å². The summed E-state index contributed by atoms with van der Waals surface area (Å²) >= 11 is 13.8. The van der Waals surface area contributed by atoms with Gasteiger partial charge in [-0.3, -0.25) is 0 Å². The zero-order chi connectivity index (χ0) is 12.1. The van der Waals surface area contributed by atoms with Crippen molar-refractivity contribution < 1.29 is 0 Å². The predicted molar refractivity (Wildman–Crippen MR) is 75.3 cm³/mol. The van der Waals surface area contributed by atoms with Crippen molar-refractivity contribution >= 4 is 46.6 Å². The normalized spacial score (nSPS) is 12.3. The smallest absolute Gasteiger partial charge is 0.147 e. The molecule has 0 aliphatic heterocycles. The number of pyridine rings is 1. The van der Waals surface area contributed by atoms with Crippen LogP contribution in [0, 0.1) is 0 Å². The molecule has 0 spiro atoms. The molecule has 0 radical (unpaired) electrons. The van der Waals surface area contributed by atoms with E-state index in [2.05, 4.69) is 28.8 Å². The average molecular weight is 280 g/mol. The van der Waals surface area contributed by atoms with E-state index in [1.165, 1.54) is 0 Å². The third-order valence-corrected chi connectivity index (χ3v) is 3.67. The van der Waals surface area contributed by atoms with Crippen LogP contribution in [-0.4, -0.2) is 30.1 Å². The van der Waals surface area contributed by atoms with Gasteiger partial charge in [-0.2, -0.15) is 11.8 Å². The molecule has 0 fully saturated rings. The Kier molecular flexibility index (Phi) is 5.52. The lowest BCUT2D eigenvalue weighted by atomic mass is 10.4. The van der Waals surface area contributed by atoms with E-state index in [9.17, 15) is 0 Å². The number of rotatable bonds is 5. The van der Waals surface area contributed by atoms with E-state index in [1.54, 1.807) is 24.9 Å². The second-order valence-corrected chi connectivity index (χ2v) is 5.42. The van der Waals surface area contributed by atoms with Crippen molar-refractivity contribution in [1.29, 1.82) is 0 Å². The van der Waals surface area contributed by atoms with Crippen LogP contribution in [0.5, 0.6) is 0 Å². The van der Waals surface area contributed by atoms with Gasteiger partial charge in [0.1, 0.15) is 11.6 Å². The fourth-order valence-corrected chi connectivity index (χ4v) is 1.86. The fourth-order valence-electron chi connectivity index (χ4n) is 1.09. The number of aromatic nitrogens is 1. The Labute approximate surface area is 110 Å². The summed E-state index contributed by atoms with van der Waals surface area (Å²) in [4.78, 5) is 4.30. The van der Waals surface area contributed by atoms with Gasteiger partial charge in [-0.1, -0.05) is 30.1 Å². The highest BCUT2D eigenvalue weighted by molar-refractivity contribution is 7.99. The lowest BCUT2D eigenvalue weighted by Crippen LogP contribution is -2.14. The van der Waals surface area contributed by atoms with Gasteiger partial charge in [0.2, 0.25) is 0 Å². The number of nitrogens with zero attached hydrogens (tertiary/aromatic N) is 1. The quantitative estimate of drug-likeness (QED) is 0.864. The van der Waals surface area contributed by atoms with Crippen molar-refractivity contribution in [3.8, 4) is 0 Å². The molecular weight excluding hydrogens is 265 g/mol. The molecule has 16 heavy (non-hydrogen) atoms. The summed E-state index contributed by atoms with van der Waals surface area (Å²) in [7, 11) is 1.77. The largest absolute Gasteiger partial charge is 0.372 e. The van der Waals surface area contributed by atoms with Crippen LogP contribution >= 0.6 is 35.0 Å². The van der Waals surface area contributed by atoms with Crippen LogP contribution < -0.4 is 10.6 Å². The molecule has 0 saturated heterocycles. The van der Waals surface area contributed by atoms with Crippen molar-refractivity contribution in [2.45, 2.75) is 12.2 Å². The minimum Gasteiger partial charge on any atom is -0.372 e. The summed E-state index contributed by atoms with van der Waals surface area (Å²) in [5.74, 6) is 1.29. The van der Waals surface area contributed by atoms with E-state index in [1.807, 2.05) is 0 Å². The van der Waals surface area contributed by atoms with Crippen molar-refractivity contribution in [2.24, 2.45) is 0 Å². The first-order valence-electron chi connectivity index (χ1n) is 4.89. The van der Waals surface area contributed by atoms with Crippen LogP contribution in [0.2, 0.25) is 10.0 Å². The van der Waals surface area contributed by atoms with Crippen LogP contribution in [-0.2, 0) is 0 Å². The molecule has 2 N–H and O–H groups in total. The number of anilines is 2. The molecule has 0 bridgehead atoms. The Morgan fingerprint density at radius 3 is 2.56 bits per heavy atom. The fraction of sp³-hybridized carbons (Fsp3) is 0.500. The molecule has 1 atom stereocenters. The van der Waals surface area contributed by atoms with Gasteiger partial charge in [0.15, 0.2) is 0 Å². The molecule has 1 aromatic rings. The molecular formula is C10H15Cl2N3S. The lowest BCUT2D eigenvalue weighted by Gasteiger charge is -2.13. The Morgan fingerprint density at radius 1 is 1.38 bits per heavy atom. The zero-order valence-corrected chi connectivity index (χ0v) is 11.8. The summed E-state index contributed by atoms with van der Waals surface area (Å²) in [6.07, 6.45) is 2.07. The highest BCUT2D eigenvalue weighted by Crippen LogP contribution is 2.28. The molecule has 1 rings (SSSR count). The Hall–Kier alpha value is -0.320. The van der Waals surface area contributed by atoms with E-state index < -0.39 is 0 Å². The third kappa shape index (κ3) is 3.61. The van der Waals surface area contributed by atoms with Crippen molar-refractivity contribution in [3.63, 3.8) is 0 Å². The minimum atomic E-state index is 0.506. The van der Waals surface area contributed by atoms with Crippen molar-refractivity contribution in [1.82, 2.24) is 4.98 Å². The second kappa shape index (κ2) is 6.42. The van der Waals surface area contributed by atoms with Crippen LogP contribution in [0.1, 0.15) is 6.92 Å². The maximum absolute atomic E-state index is 6.04.